The van der Waals surface area contributed by atoms with Crippen molar-refractivity contribution in [2.75, 3.05) is 20.7 Å². The number of methoxy groups -OCH3 is 1. The Kier molecular flexibility index (Phi) is 7.24. The maximum Gasteiger partial charge on any atom is 0.262 e. The topological polar surface area (TPSA) is 62.2 Å². The molecule has 0 radical (unpaired) electrons. The fourth-order valence-electron chi connectivity index (χ4n) is 3.59. The van der Waals surface area contributed by atoms with Gasteiger partial charge in [0.2, 0.25) is 5.91 Å². The summed E-state index contributed by atoms with van der Waals surface area (Å²) in [5, 5.41) is 6.81. The van der Waals surface area contributed by atoms with Crippen LogP contribution in [0, 0.1) is 5.41 Å². The monoisotopic (exact) mass is 455 g/mol. The van der Waals surface area contributed by atoms with E-state index in [4.69, 9.17) is 16.3 Å². The largest absolute Gasteiger partial charge is 0.497 e. The van der Waals surface area contributed by atoms with Crippen LogP contribution in [0.25, 0.3) is 0 Å². The Bertz CT molecular complexity index is 995. The number of likely N-dealkylation sites (N-methyl/N-ethyl adjacent to an activating group) is 1. The van der Waals surface area contributed by atoms with Crippen LogP contribution in [0.2, 0.25) is 5.02 Å². The molecule has 0 saturated heterocycles. The van der Waals surface area contributed by atoms with Gasteiger partial charge in [-0.2, -0.15) is 5.10 Å². The van der Waals surface area contributed by atoms with Gasteiger partial charge in [-0.15, -0.1) is 0 Å². The van der Waals surface area contributed by atoms with Crippen LogP contribution in [0.5, 0.6) is 5.75 Å². The molecule has 0 aliphatic carbocycles. The zero-order valence-electron chi connectivity index (χ0n) is 19.3. The van der Waals surface area contributed by atoms with Crippen LogP contribution in [0.3, 0.4) is 0 Å². The molecule has 170 valence electrons. The minimum atomic E-state index is -0.261. The summed E-state index contributed by atoms with van der Waals surface area (Å²) in [5.41, 5.74) is 2.54. The van der Waals surface area contributed by atoms with Gasteiger partial charge in [-0.25, -0.2) is 5.01 Å². The second-order valence-corrected chi connectivity index (χ2v) is 9.71. The van der Waals surface area contributed by atoms with Gasteiger partial charge in [0, 0.05) is 24.9 Å². The third-order valence-corrected chi connectivity index (χ3v) is 5.58. The summed E-state index contributed by atoms with van der Waals surface area (Å²) >= 11 is 6.06. The van der Waals surface area contributed by atoms with Crippen molar-refractivity contribution in [1.29, 1.82) is 0 Å². The molecule has 6 nitrogen and oxygen atoms in total. The van der Waals surface area contributed by atoms with Crippen LogP contribution in [0.15, 0.2) is 53.6 Å². The maximum atomic E-state index is 13.2. The van der Waals surface area contributed by atoms with E-state index >= 15 is 0 Å². The molecule has 32 heavy (non-hydrogen) atoms. The zero-order valence-corrected chi connectivity index (χ0v) is 20.0. The summed E-state index contributed by atoms with van der Waals surface area (Å²) in [4.78, 5) is 27.2. The lowest BCUT2D eigenvalue weighted by atomic mass is 9.92. The second-order valence-electron chi connectivity index (χ2n) is 9.27. The minimum Gasteiger partial charge on any atom is -0.497 e. The Morgan fingerprint density at radius 3 is 2.31 bits per heavy atom. The third-order valence-electron chi connectivity index (χ3n) is 5.32. The number of ether oxygens (including phenoxy) is 1. The highest BCUT2D eigenvalue weighted by Crippen LogP contribution is 2.34. The molecule has 1 aliphatic heterocycles. The molecular weight excluding hydrogens is 426 g/mol. The number of hydrazone groups is 1. The highest BCUT2D eigenvalue weighted by atomic mass is 35.5. The quantitative estimate of drug-likeness (QED) is 0.621. The van der Waals surface area contributed by atoms with Crippen LogP contribution in [-0.4, -0.2) is 48.1 Å². The molecule has 2 aromatic rings. The molecule has 0 saturated carbocycles. The number of benzene rings is 2. The lowest BCUT2D eigenvalue weighted by Gasteiger charge is -2.26. The fraction of sp³-hybridized carbons (Fsp3) is 0.400. The van der Waals surface area contributed by atoms with Gasteiger partial charge in [-0.1, -0.05) is 44.5 Å². The Labute approximate surface area is 194 Å². The number of hydrogen-bond acceptors (Lipinski definition) is 4. The lowest BCUT2D eigenvalue weighted by molar-refractivity contribution is -0.141. The van der Waals surface area contributed by atoms with Gasteiger partial charge < -0.3 is 9.64 Å². The highest BCUT2D eigenvalue weighted by molar-refractivity contribution is 6.30. The predicted octanol–water partition coefficient (Wildman–Crippen LogP) is 4.92. The molecule has 0 unspecified atom stereocenters. The Balaban J connectivity index is 1.84. The van der Waals surface area contributed by atoms with Crippen molar-refractivity contribution in [1.82, 2.24) is 9.91 Å². The predicted molar refractivity (Wildman–Crippen MR) is 127 cm³/mol. The van der Waals surface area contributed by atoms with E-state index in [0.717, 1.165) is 22.6 Å². The van der Waals surface area contributed by atoms with E-state index in [0.29, 0.717) is 17.9 Å². The first kappa shape index (κ1) is 23.8. The van der Waals surface area contributed by atoms with Crippen LogP contribution < -0.4 is 4.74 Å². The lowest BCUT2D eigenvalue weighted by Crippen LogP contribution is -2.40. The fourth-order valence-corrected chi connectivity index (χ4v) is 3.72. The number of amides is 2. The summed E-state index contributed by atoms with van der Waals surface area (Å²) in [5.74, 6) is 0.471. The molecule has 0 spiro atoms. The van der Waals surface area contributed by atoms with Crippen molar-refractivity contribution in [2.24, 2.45) is 10.5 Å². The molecule has 0 bridgehead atoms. The van der Waals surface area contributed by atoms with Crippen LogP contribution in [0.4, 0.5) is 0 Å². The third kappa shape index (κ3) is 5.88. The van der Waals surface area contributed by atoms with Gasteiger partial charge in [-0.05, 0) is 52.9 Å². The minimum absolute atomic E-state index is 0.0294. The Morgan fingerprint density at radius 2 is 1.75 bits per heavy atom. The number of carbonyl (C=O) groups excluding carboxylic acids is 2. The SMILES string of the molecule is COc1ccc(C2=NN(C(=O)CN(C)C(=O)CC(C)(C)C)[C@@H](c3ccc(Cl)cc3)C2)cc1. The molecule has 1 aliphatic rings. The van der Waals surface area contributed by atoms with E-state index in [1.165, 1.54) is 9.91 Å². The first-order valence-electron chi connectivity index (χ1n) is 10.6. The van der Waals surface area contributed by atoms with Crippen molar-refractivity contribution in [2.45, 2.75) is 39.7 Å². The van der Waals surface area contributed by atoms with Gasteiger partial charge in [0.05, 0.1) is 18.9 Å². The van der Waals surface area contributed by atoms with E-state index in [2.05, 4.69) is 5.10 Å². The number of hydrogen-bond donors (Lipinski definition) is 0. The maximum absolute atomic E-state index is 13.2. The van der Waals surface area contributed by atoms with Gasteiger partial charge in [0.15, 0.2) is 0 Å². The highest BCUT2D eigenvalue weighted by Gasteiger charge is 2.34. The van der Waals surface area contributed by atoms with E-state index < -0.39 is 0 Å². The van der Waals surface area contributed by atoms with Gasteiger partial charge in [0.25, 0.3) is 5.91 Å². The van der Waals surface area contributed by atoms with E-state index in [1.54, 1.807) is 14.2 Å². The number of rotatable bonds is 6. The molecule has 3 rings (SSSR count). The van der Waals surface area contributed by atoms with Crippen molar-refractivity contribution in [3.8, 4) is 5.75 Å². The second kappa shape index (κ2) is 9.74. The summed E-state index contributed by atoms with van der Waals surface area (Å²) in [6.45, 7) is 5.98. The molecule has 2 amide bonds. The normalized spacial score (nSPS) is 16.0. The molecule has 7 heteroatoms. The van der Waals surface area contributed by atoms with Gasteiger partial charge >= 0.3 is 0 Å². The molecular formula is C25H30ClN3O3. The average Bonchev–Trinajstić information content (AvgIpc) is 3.18. The first-order valence-corrected chi connectivity index (χ1v) is 11.0. The van der Waals surface area contributed by atoms with Crippen LogP contribution in [-0.2, 0) is 9.59 Å². The van der Waals surface area contributed by atoms with E-state index in [9.17, 15) is 9.59 Å². The first-order chi connectivity index (χ1) is 15.1. The Hall–Kier alpha value is -2.86. The standard InChI is InChI=1S/C25H30ClN3O3/c1-25(2,3)15-23(30)28(4)16-24(31)29-22(18-6-10-19(26)11-7-18)14-21(27-29)17-8-12-20(32-5)13-9-17/h6-13,22H,14-16H2,1-5H3/t22-/m1/s1. The number of halogens is 1. The molecule has 0 fully saturated rings. The average molecular weight is 456 g/mol. The molecule has 0 N–H and O–H groups in total. The Morgan fingerprint density at radius 1 is 1.12 bits per heavy atom. The van der Waals surface area contributed by atoms with Crippen molar-refractivity contribution < 1.29 is 14.3 Å². The number of nitrogens with zero attached hydrogens (tertiary/aromatic N) is 3. The van der Waals surface area contributed by atoms with Crippen LogP contribution >= 0.6 is 11.6 Å². The van der Waals surface area contributed by atoms with Crippen LogP contribution in [0.1, 0.15) is 50.8 Å². The van der Waals surface area contributed by atoms with Gasteiger partial charge in [-0.3, -0.25) is 9.59 Å². The number of carbonyl (C=O) groups is 2. The van der Waals surface area contributed by atoms with E-state index in [-0.39, 0.29) is 29.8 Å². The summed E-state index contributed by atoms with van der Waals surface area (Å²) in [7, 11) is 3.28. The summed E-state index contributed by atoms with van der Waals surface area (Å²) in [6, 6.07) is 14.8. The molecule has 1 atom stereocenters. The van der Waals surface area contributed by atoms with Crippen molar-refractivity contribution in [3.05, 3.63) is 64.7 Å². The van der Waals surface area contributed by atoms with Gasteiger partial charge in [0.1, 0.15) is 12.3 Å². The van der Waals surface area contributed by atoms with E-state index in [1.807, 2.05) is 69.3 Å². The summed E-state index contributed by atoms with van der Waals surface area (Å²) in [6.07, 6.45) is 0.942. The smallest absolute Gasteiger partial charge is 0.262 e. The molecule has 1 heterocycles. The molecule has 0 aromatic heterocycles. The van der Waals surface area contributed by atoms with Crippen molar-refractivity contribution in [3.63, 3.8) is 0 Å². The summed E-state index contributed by atoms with van der Waals surface area (Å²) < 4.78 is 5.24. The molecule has 2 aromatic carbocycles. The zero-order chi connectivity index (χ0) is 23.5. The van der Waals surface area contributed by atoms with Crippen molar-refractivity contribution >= 4 is 29.1 Å².